The molecule has 6 aliphatic rings. The van der Waals surface area contributed by atoms with Crippen molar-refractivity contribution in [1.29, 1.82) is 0 Å². The molecule has 1 saturated heterocycles. The molecule has 5 heterocycles. The number of hydrogen-bond acceptors (Lipinski definition) is 7. The maximum atomic E-state index is 12.9. The highest BCUT2D eigenvalue weighted by molar-refractivity contribution is 6.21. The number of esters is 1. The predicted molar refractivity (Wildman–Crippen MR) is 182 cm³/mol. The van der Waals surface area contributed by atoms with Crippen LogP contribution in [0.2, 0.25) is 0 Å². The fourth-order valence-electron chi connectivity index (χ4n) is 7.25. The number of aliphatic imine (C=N–C) groups is 3. The molecule has 7 nitrogen and oxygen atoms in total. The number of rotatable bonds is 6. The second kappa shape index (κ2) is 11.4. The van der Waals surface area contributed by atoms with Crippen molar-refractivity contribution in [2.75, 3.05) is 6.61 Å². The summed E-state index contributed by atoms with van der Waals surface area (Å²) in [4.78, 5) is 28.3. The molecule has 0 unspecified atom stereocenters. The van der Waals surface area contributed by atoms with Crippen LogP contribution in [0.5, 0.6) is 0 Å². The van der Waals surface area contributed by atoms with Crippen LogP contribution in [0.25, 0.3) is 0 Å². The van der Waals surface area contributed by atoms with Gasteiger partial charge in [0.2, 0.25) is 0 Å². The van der Waals surface area contributed by atoms with Crippen molar-refractivity contribution in [1.82, 2.24) is 5.32 Å². The van der Waals surface area contributed by atoms with Crippen LogP contribution >= 0.6 is 0 Å². The highest BCUT2D eigenvalue weighted by Crippen LogP contribution is 2.46. The molecular formula is C38H46N4O3. The summed E-state index contributed by atoms with van der Waals surface area (Å²) in [6.07, 6.45) is 9.49. The van der Waals surface area contributed by atoms with Gasteiger partial charge in [0.15, 0.2) is 0 Å². The largest absolute Gasteiger partial charge is 0.511 e. The molecule has 0 aromatic rings. The number of allylic oxidation sites excluding steroid dienone is 12. The van der Waals surface area contributed by atoms with Crippen LogP contribution in [0.3, 0.4) is 0 Å². The molecular weight excluding hydrogens is 560 g/mol. The Labute approximate surface area is 267 Å². The molecule has 0 spiro atoms. The standard InChI is InChI=1S/C38H46N4O3/c1-10-23-19(3)27-15-29-21(5)25(12-13-34(44)45-18-38(7,8)9)36(41-29)26-14-33(43)35-22(6)30(42-37(26)35)17-32-24(11-2)20(4)28(40-32)16-31(23)39-27/h15-17,21,25,41,43H,10-14,18H2,1-9H3/t21-,25-/m0/s1. The lowest BCUT2D eigenvalue weighted by Crippen LogP contribution is -2.20. The van der Waals surface area contributed by atoms with Gasteiger partial charge in [-0.3, -0.25) is 4.79 Å². The first kappa shape index (κ1) is 31.0. The van der Waals surface area contributed by atoms with Crippen LogP contribution in [0, 0.1) is 17.3 Å². The summed E-state index contributed by atoms with van der Waals surface area (Å²) in [6.45, 7) is 19.5. The Bertz CT molecular complexity index is 1750. The van der Waals surface area contributed by atoms with E-state index >= 15 is 0 Å². The number of nitrogens with zero attached hydrogens (tertiary/aromatic N) is 3. The minimum absolute atomic E-state index is 0.0347. The molecule has 0 amide bonds. The summed E-state index contributed by atoms with van der Waals surface area (Å²) in [6, 6.07) is 0. The van der Waals surface area contributed by atoms with Crippen LogP contribution in [0.15, 0.2) is 106 Å². The van der Waals surface area contributed by atoms with E-state index in [1.807, 2.05) is 6.92 Å². The average Bonchev–Trinajstić information content (AvgIpc) is 3.73. The summed E-state index contributed by atoms with van der Waals surface area (Å²) >= 11 is 0. The van der Waals surface area contributed by atoms with E-state index in [9.17, 15) is 9.90 Å². The van der Waals surface area contributed by atoms with E-state index < -0.39 is 0 Å². The van der Waals surface area contributed by atoms with E-state index in [4.69, 9.17) is 19.7 Å². The van der Waals surface area contributed by atoms with E-state index in [2.05, 4.69) is 78.9 Å². The number of carbonyl (C=O) groups is 1. The van der Waals surface area contributed by atoms with Crippen molar-refractivity contribution >= 4 is 23.1 Å². The number of fused-ring (bicyclic) bond motifs is 5. The zero-order chi connectivity index (χ0) is 32.4. The average molecular weight is 607 g/mol. The van der Waals surface area contributed by atoms with Gasteiger partial charge in [-0.2, -0.15) is 0 Å². The van der Waals surface area contributed by atoms with Crippen molar-refractivity contribution in [3.05, 3.63) is 91.5 Å². The summed E-state index contributed by atoms with van der Waals surface area (Å²) in [7, 11) is 0. The number of aliphatic hydroxyl groups excluding tert-OH is 1. The Morgan fingerprint density at radius 2 is 1.58 bits per heavy atom. The molecule has 5 aliphatic heterocycles. The lowest BCUT2D eigenvalue weighted by molar-refractivity contribution is -0.146. The van der Waals surface area contributed by atoms with Gasteiger partial charge in [-0.15, -0.1) is 0 Å². The first-order valence-corrected chi connectivity index (χ1v) is 16.4. The summed E-state index contributed by atoms with van der Waals surface area (Å²) in [5.41, 5.74) is 15.0. The number of hydrogen-bond donors (Lipinski definition) is 2. The van der Waals surface area contributed by atoms with E-state index in [1.165, 1.54) is 22.3 Å². The summed E-state index contributed by atoms with van der Waals surface area (Å²) in [5, 5.41) is 15.1. The highest BCUT2D eigenvalue weighted by atomic mass is 16.5. The fourth-order valence-corrected chi connectivity index (χ4v) is 7.25. The molecule has 0 aromatic heterocycles. The molecule has 0 saturated carbocycles. The molecule has 0 radical (unpaired) electrons. The van der Waals surface area contributed by atoms with Gasteiger partial charge in [-0.05, 0) is 91.5 Å². The number of aliphatic hydroxyl groups is 1. The van der Waals surface area contributed by atoms with Gasteiger partial charge in [0, 0.05) is 47.2 Å². The first-order valence-electron chi connectivity index (χ1n) is 16.4. The Morgan fingerprint density at radius 1 is 0.956 bits per heavy atom. The van der Waals surface area contributed by atoms with Crippen LogP contribution in [0.4, 0.5) is 0 Å². The lowest BCUT2D eigenvalue weighted by atomic mass is 9.86. The molecule has 6 rings (SSSR count). The lowest BCUT2D eigenvalue weighted by Gasteiger charge is -2.20. The van der Waals surface area contributed by atoms with Crippen LogP contribution < -0.4 is 5.32 Å². The number of nitrogens with one attached hydrogen (secondary N) is 1. The molecule has 0 aromatic carbocycles. The summed E-state index contributed by atoms with van der Waals surface area (Å²) < 4.78 is 5.63. The van der Waals surface area contributed by atoms with Crippen molar-refractivity contribution < 1.29 is 14.6 Å². The number of carbonyl (C=O) groups excluding carboxylic acids is 1. The third-order valence-corrected chi connectivity index (χ3v) is 9.86. The quantitative estimate of drug-likeness (QED) is 0.297. The first-order chi connectivity index (χ1) is 21.3. The van der Waals surface area contributed by atoms with Crippen molar-refractivity contribution in [2.45, 2.75) is 94.4 Å². The van der Waals surface area contributed by atoms with E-state index in [0.717, 1.165) is 75.2 Å². The van der Waals surface area contributed by atoms with E-state index in [0.29, 0.717) is 31.6 Å². The Balaban J connectivity index is 1.50. The van der Waals surface area contributed by atoms with Gasteiger partial charge in [-0.1, -0.05) is 41.5 Å². The SMILES string of the molecule is CCC1=C(C)C2=NC1=CC1=C(C)C3=C(O)CC(=C4NC(=CC5=NC(=C2)C(CC)=C5C)[C@@H](C)[C@@H]4CCC(=O)OCC(C)(C)C)C3=N1. The smallest absolute Gasteiger partial charge is 0.305 e. The third-order valence-electron chi connectivity index (χ3n) is 9.86. The molecule has 45 heavy (non-hydrogen) atoms. The van der Waals surface area contributed by atoms with Gasteiger partial charge in [0.25, 0.3) is 0 Å². The molecule has 7 heteroatoms. The van der Waals surface area contributed by atoms with Gasteiger partial charge < -0.3 is 15.2 Å². The monoisotopic (exact) mass is 606 g/mol. The zero-order valence-electron chi connectivity index (χ0n) is 28.2. The minimum Gasteiger partial charge on any atom is -0.511 e. The van der Waals surface area contributed by atoms with Crippen molar-refractivity contribution in [3.63, 3.8) is 0 Å². The van der Waals surface area contributed by atoms with E-state index in [-0.39, 0.29) is 23.2 Å². The molecule has 236 valence electrons. The van der Waals surface area contributed by atoms with Gasteiger partial charge in [-0.25, -0.2) is 15.0 Å². The normalized spacial score (nSPS) is 24.3. The predicted octanol–water partition coefficient (Wildman–Crippen LogP) is 8.44. The third kappa shape index (κ3) is 5.44. The Hall–Kier alpha value is -4.00. The maximum Gasteiger partial charge on any atom is 0.305 e. The molecule has 1 fully saturated rings. The maximum absolute atomic E-state index is 12.9. The molecule has 1 aliphatic carbocycles. The van der Waals surface area contributed by atoms with Gasteiger partial charge in [0.05, 0.1) is 40.8 Å². The van der Waals surface area contributed by atoms with Gasteiger partial charge in [0.1, 0.15) is 5.76 Å². The van der Waals surface area contributed by atoms with Crippen molar-refractivity contribution in [3.8, 4) is 0 Å². The van der Waals surface area contributed by atoms with Crippen LogP contribution in [-0.2, 0) is 9.53 Å². The molecule has 8 bridgehead atoms. The molecule has 2 atom stereocenters. The van der Waals surface area contributed by atoms with E-state index in [1.54, 1.807) is 0 Å². The van der Waals surface area contributed by atoms with Gasteiger partial charge >= 0.3 is 5.97 Å². The fraction of sp³-hybridized carbons (Fsp3) is 0.474. The van der Waals surface area contributed by atoms with Crippen molar-refractivity contribution in [2.24, 2.45) is 32.2 Å². The topological polar surface area (TPSA) is 95.6 Å². The van der Waals surface area contributed by atoms with Crippen LogP contribution in [-0.4, -0.2) is 34.8 Å². The summed E-state index contributed by atoms with van der Waals surface area (Å²) in [5.74, 6) is 0.305. The Kier molecular flexibility index (Phi) is 7.87. The minimum atomic E-state index is -0.178. The highest BCUT2D eigenvalue weighted by Gasteiger charge is 2.41. The second-order valence-electron chi connectivity index (χ2n) is 14.2. The number of ether oxygens (including phenoxy) is 1. The second-order valence-corrected chi connectivity index (χ2v) is 14.2. The zero-order valence-corrected chi connectivity index (χ0v) is 28.2. The Morgan fingerprint density at radius 3 is 2.20 bits per heavy atom. The van der Waals surface area contributed by atoms with Crippen LogP contribution in [0.1, 0.15) is 94.4 Å². The molecule has 2 N–H and O–H groups in total.